The van der Waals surface area contributed by atoms with Gasteiger partial charge in [-0.2, -0.15) is 17.4 Å². The second kappa shape index (κ2) is 7.02. The van der Waals surface area contributed by atoms with Crippen LogP contribution in [-0.2, 0) is 21.5 Å². The van der Waals surface area contributed by atoms with Gasteiger partial charge in [0.2, 0.25) is 0 Å². The van der Waals surface area contributed by atoms with Crippen LogP contribution >= 0.6 is 0 Å². The van der Waals surface area contributed by atoms with Crippen LogP contribution in [0.5, 0.6) is 5.75 Å². The van der Waals surface area contributed by atoms with Crippen molar-refractivity contribution in [2.24, 2.45) is 0 Å². The molecule has 1 aromatic rings. The van der Waals surface area contributed by atoms with Crippen LogP contribution in [0.25, 0.3) is 0 Å². The van der Waals surface area contributed by atoms with Gasteiger partial charge in [-0.05, 0) is 24.1 Å². The minimum atomic E-state index is -3.55. The highest BCUT2D eigenvalue weighted by Crippen LogP contribution is 2.17. The molecule has 1 fully saturated rings. The van der Waals surface area contributed by atoms with Gasteiger partial charge in [0.05, 0.1) is 12.6 Å². The summed E-state index contributed by atoms with van der Waals surface area (Å²) in [6.45, 7) is 3.19. The maximum Gasteiger partial charge on any atom is 0.280 e. The van der Waals surface area contributed by atoms with Crippen LogP contribution in [0.1, 0.15) is 25.3 Å². The Bertz CT molecular complexity index is 571. The van der Waals surface area contributed by atoms with Crippen molar-refractivity contribution in [3.63, 3.8) is 0 Å². The lowest BCUT2D eigenvalue weighted by molar-refractivity contribution is -0.109. The lowest BCUT2D eigenvalue weighted by Crippen LogP contribution is -2.30. The number of nitrogens with one attached hydrogen (secondary N) is 1. The fourth-order valence-electron chi connectivity index (χ4n) is 2.07. The van der Waals surface area contributed by atoms with Crippen LogP contribution in [0.2, 0.25) is 0 Å². The largest absolute Gasteiger partial charge is 0.494 e. The van der Waals surface area contributed by atoms with E-state index in [4.69, 9.17) is 4.74 Å². The van der Waals surface area contributed by atoms with Crippen molar-refractivity contribution in [1.82, 2.24) is 9.03 Å². The van der Waals surface area contributed by atoms with Crippen molar-refractivity contribution in [2.75, 3.05) is 13.2 Å². The summed E-state index contributed by atoms with van der Waals surface area (Å²) >= 11 is 0. The molecule has 1 heterocycles. The van der Waals surface area contributed by atoms with Crippen molar-refractivity contribution in [2.45, 2.75) is 32.4 Å². The van der Waals surface area contributed by atoms with E-state index in [0.717, 1.165) is 24.2 Å². The maximum absolute atomic E-state index is 11.8. The van der Waals surface area contributed by atoms with Crippen molar-refractivity contribution >= 4 is 16.5 Å². The first-order valence-electron chi connectivity index (χ1n) is 6.99. The Morgan fingerprint density at radius 3 is 2.67 bits per heavy atom. The van der Waals surface area contributed by atoms with Crippen molar-refractivity contribution in [3.8, 4) is 5.75 Å². The van der Waals surface area contributed by atoms with Crippen LogP contribution in [0.3, 0.4) is 0 Å². The third-order valence-electron chi connectivity index (χ3n) is 3.25. The lowest BCUT2D eigenvalue weighted by Gasteiger charge is -2.13. The molecule has 21 heavy (non-hydrogen) atoms. The zero-order chi connectivity index (χ0) is 15.3. The van der Waals surface area contributed by atoms with Crippen molar-refractivity contribution in [3.05, 3.63) is 29.8 Å². The van der Waals surface area contributed by atoms with Crippen LogP contribution in [0, 0.1) is 0 Å². The summed E-state index contributed by atoms with van der Waals surface area (Å²) in [6, 6.07) is 6.68. The van der Waals surface area contributed by atoms with E-state index in [1.54, 1.807) is 0 Å². The molecule has 0 aliphatic carbocycles. The molecule has 1 aromatic carbocycles. The summed E-state index contributed by atoms with van der Waals surface area (Å²) in [5.41, 5.74) is 0.856. The molecule has 7 heteroatoms. The van der Waals surface area contributed by atoms with Gasteiger partial charge >= 0.3 is 0 Å². The van der Waals surface area contributed by atoms with Crippen LogP contribution in [0.15, 0.2) is 24.3 Å². The van der Waals surface area contributed by atoms with Gasteiger partial charge in [0.25, 0.3) is 10.2 Å². The molecular weight excluding hydrogens is 292 g/mol. The van der Waals surface area contributed by atoms with Crippen LogP contribution < -0.4 is 9.46 Å². The van der Waals surface area contributed by atoms with Gasteiger partial charge in [-0.3, -0.25) is 0 Å². The second-order valence-electron chi connectivity index (χ2n) is 5.00. The smallest absolute Gasteiger partial charge is 0.280 e. The highest BCUT2D eigenvalue weighted by molar-refractivity contribution is 7.87. The number of nitrogens with zero attached hydrogens (tertiary/aromatic N) is 1. The molecule has 0 spiro atoms. The predicted octanol–water partition coefficient (Wildman–Crippen LogP) is 1.08. The average molecular weight is 312 g/mol. The topological polar surface area (TPSA) is 75.7 Å². The molecule has 0 bridgehead atoms. The Labute approximate surface area is 125 Å². The first-order chi connectivity index (χ1) is 10.0. The number of benzene rings is 1. The Morgan fingerprint density at radius 2 is 2.10 bits per heavy atom. The number of hydrogen-bond donors (Lipinski definition) is 1. The average Bonchev–Trinajstić information content (AvgIpc) is 2.76. The van der Waals surface area contributed by atoms with Gasteiger partial charge in [0, 0.05) is 13.1 Å². The quantitative estimate of drug-likeness (QED) is 0.604. The number of rotatable bonds is 7. The maximum atomic E-state index is 11.8. The number of hydrogen-bond acceptors (Lipinski definition) is 4. The lowest BCUT2D eigenvalue weighted by atomic mass is 10.2. The van der Waals surface area contributed by atoms with E-state index in [-0.39, 0.29) is 13.1 Å². The van der Waals surface area contributed by atoms with Gasteiger partial charge in [-0.15, -0.1) is 0 Å². The van der Waals surface area contributed by atoms with Gasteiger partial charge in [-0.25, -0.2) is 0 Å². The third kappa shape index (κ3) is 4.26. The number of carbonyl (C=O) groups excluding carboxylic acids is 1. The third-order valence-corrected chi connectivity index (χ3v) is 4.81. The van der Waals surface area contributed by atoms with E-state index >= 15 is 0 Å². The number of unbranched alkanes of at least 4 members (excludes halogenated alkanes) is 1. The van der Waals surface area contributed by atoms with E-state index < -0.39 is 16.3 Å². The van der Waals surface area contributed by atoms with Crippen molar-refractivity contribution in [1.29, 1.82) is 0 Å². The molecule has 1 unspecified atom stereocenters. The van der Waals surface area contributed by atoms with Crippen LogP contribution in [0.4, 0.5) is 0 Å². The number of ether oxygens (including phenoxy) is 1. The molecule has 0 radical (unpaired) electrons. The van der Waals surface area contributed by atoms with Crippen LogP contribution in [-0.4, -0.2) is 38.2 Å². The summed E-state index contributed by atoms with van der Waals surface area (Å²) in [6.07, 6.45) is 2.70. The number of aldehydes is 1. The van der Waals surface area contributed by atoms with E-state index in [0.29, 0.717) is 12.9 Å². The summed E-state index contributed by atoms with van der Waals surface area (Å²) < 4.78 is 32.7. The normalized spacial score (nSPS) is 21.3. The van der Waals surface area contributed by atoms with Gasteiger partial charge in [-0.1, -0.05) is 25.5 Å². The second-order valence-corrected chi connectivity index (χ2v) is 6.71. The molecular formula is C14H20N2O4S. The zero-order valence-electron chi connectivity index (χ0n) is 12.0. The predicted molar refractivity (Wildman–Crippen MR) is 79.2 cm³/mol. The molecule has 2 rings (SSSR count). The zero-order valence-corrected chi connectivity index (χ0v) is 12.8. The van der Waals surface area contributed by atoms with E-state index in [1.807, 2.05) is 24.3 Å². The highest BCUT2D eigenvalue weighted by Gasteiger charge is 2.34. The van der Waals surface area contributed by atoms with Gasteiger partial charge in [0.15, 0.2) is 0 Å². The monoisotopic (exact) mass is 312 g/mol. The molecule has 6 nitrogen and oxygen atoms in total. The highest BCUT2D eigenvalue weighted by atomic mass is 32.2. The molecule has 1 saturated heterocycles. The summed E-state index contributed by atoms with van der Waals surface area (Å²) in [7, 11) is -3.55. The Kier molecular flexibility index (Phi) is 5.33. The SMILES string of the molecule is CCCCOc1ccc(CN2CC(C=O)NS2(=O)=O)cc1. The molecule has 116 valence electrons. The fraction of sp³-hybridized carbons (Fsp3) is 0.500. The first kappa shape index (κ1) is 15.9. The van der Waals surface area contributed by atoms with E-state index in [2.05, 4.69) is 11.6 Å². The molecule has 1 aliphatic rings. The molecule has 0 amide bonds. The summed E-state index contributed by atoms with van der Waals surface area (Å²) in [5.74, 6) is 0.778. The molecule has 0 aromatic heterocycles. The standard InChI is InChI=1S/C14H20N2O4S/c1-2-3-8-20-14-6-4-12(5-7-14)9-16-10-13(11-17)15-21(16,18)19/h4-7,11,13,15H,2-3,8-10H2,1H3. The Morgan fingerprint density at radius 1 is 1.38 bits per heavy atom. The molecule has 1 atom stereocenters. The first-order valence-corrected chi connectivity index (χ1v) is 8.43. The Hall–Kier alpha value is -1.44. The van der Waals surface area contributed by atoms with Gasteiger partial charge in [0.1, 0.15) is 12.0 Å². The molecule has 1 aliphatic heterocycles. The van der Waals surface area contributed by atoms with Crippen molar-refractivity contribution < 1.29 is 17.9 Å². The van der Waals surface area contributed by atoms with E-state index in [9.17, 15) is 13.2 Å². The molecule has 0 saturated carbocycles. The minimum absolute atomic E-state index is 0.167. The number of carbonyl (C=O) groups is 1. The van der Waals surface area contributed by atoms with Gasteiger partial charge < -0.3 is 9.53 Å². The summed E-state index contributed by atoms with van der Waals surface area (Å²) in [4.78, 5) is 10.7. The minimum Gasteiger partial charge on any atom is -0.494 e. The Balaban J connectivity index is 1.95. The molecule has 1 N–H and O–H groups in total. The fourth-order valence-corrected chi connectivity index (χ4v) is 3.41. The van der Waals surface area contributed by atoms with E-state index in [1.165, 1.54) is 4.31 Å². The summed E-state index contributed by atoms with van der Waals surface area (Å²) in [5, 5.41) is 0.